The summed E-state index contributed by atoms with van der Waals surface area (Å²) in [6.45, 7) is 10.9. The number of aromatic nitrogens is 1. The number of likely N-dealkylation sites (N-methyl/N-ethyl adjacent to an activating group) is 1. The second-order valence-electron chi connectivity index (χ2n) is 7.05. The summed E-state index contributed by atoms with van der Waals surface area (Å²) in [5.41, 5.74) is 1.05. The van der Waals surface area contributed by atoms with Gasteiger partial charge in [0.1, 0.15) is 6.54 Å². The fourth-order valence-corrected chi connectivity index (χ4v) is 3.03. The van der Waals surface area contributed by atoms with Gasteiger partial charge in [-0.25, -0.2) is 4.99 Å². The molecule has 1 unspecified atom stereocenters. The molecule has 26 heavy (non-hydrogen) atoms. The van der Waals surface area contributed by atoms with E-state index in [4.69, 9.17) is 4.52 Å². The molecule has 0 radical (unpaired) electrons. The van der Waals surface area contributed by atoms with Gasteiger partial charge in [-0.15, -0.1) is 24.0 Å². The van der Waals surface area contributed by atoms with Crippen molar-refractivity contribution in [3.05, 3.63) is 17.5 Å². The first kappa shape index (κ1) is 23.2. The molecule has 2 rings (SSSR count). The van der Waals surface area contributed by atoms with Gasteiger partial charge in [0.2, 0.25) is 0 Å². The molecule has 0 aromatic carbocycles. The summed E-state index contributed by atoms with van der Waals surface area (Å²) in [5, 5.41) is 11.0. The first-order chi connectivity index (χ1) is 12.1. The second-order valence-corrected chi connectivity index (χ2v) is 7.05. The van der Waals surface area contributed by atoms with E-state index in [-0.39, 0.29) is 24.0 Å². The molecule has 0 spiro atoms. The van der Waals surface area contributed by atoms with Crippen LogP contribution in [-0.4, -0.2) is 48.2 Å². The van der Waals surface area contributed by atoms with Crippen LogP contribution in [0.5, 0.6) is 0 Å². The molecule has 1 fully saturated rings. The number of hydrogen-bond acceptors (Lipinski definition) is 4. The molecule has 1 aromatic rings. The van der Waals surface area contributed by atoms with E-state index in [1.54, 1.807) is 0 Å². The van der Waals surface area contributed by atoms with Crippen molar-refractivity contribution in [2.75, 3.05) is 20.1 Å². The maximum atomic E-state index is 5.46. The van der Waals surface area contributed by atoms with Gasteiger partial charge in [-0.1, -0.05) is 19.0 Å². The summed E-state index contributed by atoms with van der Waals surface area (Å²) in [7, 11) is 2.21. The molecule has 150 valence electrons. The number of nitrogens with zero attached hydrogens (tertiary/aromatic N) is 3. The molecule has 1 aliphatic carbocycles. The van der Waals surface area contributed by atoms with Crippen LogP contribution in [0.3, 0.4) is 0 Å². The lowest BCUT2D eigenvalue weighted by Crippen LogP contribution is -2.45. The Labute approximate surface area is 175 Å². The molecule has 7 heteroatoms. The normalized spacial score (nSPS) is 15.9. The van der Waals surface area contributed by atoms with Gasteiger partial charge in [-0.2, -0.15) is 0 Å². The fraction of sp³-hybridized carbons (Fsp3) is 0.789. The molecule has 0 amide bonds. The maximum absolute atomic E-state index is 5.46. The maximum Gasteiger partial charge on any atom is 0.191 e. The van der Waals surface area contributed by atoms with Crippen molar-refractivity contribution < 1.29 is 4.52 Å². The summed E-state index contributed by atoms with van der Waals surface area (Å²) in [5.74, 6) is 2.13. The smallest absolute Gasteiger partial charge is 0.191 e. The quantitative estimate of drug-likeness (QED) is 0.306. The zero-order valence-corrected chi connectivity index (χ0v) is 19.2. The molecular weight excluding hydrogens is 441 g/mol. The molecule has 1 heterocycles. The Hall–Kier alpha value is -0.830. The van der Waals surface area contributed by atoms with Crippen molar-refractivity contribution in [3.63, 3.8) is 0 Å². The van der Waals surface area contributed by atoms with Crippen molar-refractivity contribution in [3.8, 4) is 0 Å². The number of rotatable bonds is 10. The van der Waals surface area contributed by atoms with E-state index in [2.05, 4.69) is 60.4 Å². The molecule has 0 bridgehead atoms. The zero-order valence-electron chi connectivity index (χ0n) is 16.9. The fourth-order valence-electron chi connectivity index (χ4n) is 3.03. The lowest BCUT2D eigenvalue weighted by atomic mass is 9.99. The summed E-state index contributed by atoms with van der Waals surface area (Å²) in [4.78, 5) is 7.10. The topological polar surface area (TPSA) is 65.7 Å². The van der Waals surface area contributed by atoms with Crippen LogP contribution in [0.1, 0.15) is 70.8 Å². The Balaban J connectivity index is 0.00000338. The zero-order chi connectivity index (χ0) is 18.2. The molecule has 2 N–H and O–H groups in total. The Morgan fingerprint density at radius 2 is 2.00 bits per heavy atom. The molecule has 1 aromatic heterocycles. The number of halogens is 1. The standard InChI is InChI=1S/C19H35N5O.HI/c1-6-15(7-2)18-11-17(25-23-18)13-22-19(20-8-3)21-12-14(4)24(5)16-9-10-16;/h11,14-16H,6-10,12-13H2,1-5H3,(H2,20,21,22);1H. The van der Waals surface area contributed by atoms with E-state index in [9.17, 15) is 0 Å². The largest absolute Gasteiger partial charge is 0.359 e. The van der Waals surface area contributed by atoms with E-state index in [0.29, 0.717) is 18.5 Å². The van der Waals surface area contributed by atoms with Crippen LogP contribution in [0.4, 0.5) is 0 Å². The third-order valence-corrected chi connectivity index (χ3v) is 5.10. The van der Waals surface area contributed by atoms with Crippen LogP contribution < -0.4 is 10.6 Å². The van der Waals surface area contributed by atoms with E-state index in [1.807, 2.05) is 6.07 Å². The van der Waals surface area contributed by atoms with Gasteiger partial charge in [0.25, 0.3) is 0 Å². The van der Waals surface area contributed by atoms with E-state index < -0.39 is 0 Å². The highest BCUT2D eigenvalue weighted by molar-refractivity contribution is 14.0. The first-order valence-corrected chi connectivity index (χ1v) is 9.78. The SMILES string of the molecule is CCNC(=NCc1cc(C(CC)CC)no1)NCC(C)N(C)C1CC1.I. The summed E-state index contributed by atoms with van der Waals surface area (Å²) in [6.07, 6.45) is 4.84. The Bertz CT molecular complexity index is 540. The van der Waals surface area contributed by atoms with Crippen LogP contribution in [0.25, 0.3) is 0 Å². The Morgan fingerprint density at radius 1 is 1.31 bits per heavy atom. The van der Waals surface area contributed by atoms with Crippen LogP contribution in [0.2, 0.25) is 0 Å². The molecule has 0 saturated heterocycles. The van der Waals surface area contributed by atoms with E-state index in [1.165, 1.54) is 12.8 Å². The van der Waals surface area contributed by atoms with Gasteiger partial charge < -0.3 is 15.2 Å². The van der Waals surface area contributed by atoms with Gasteiger partial charge >= 0.3 is 0 Å². The highest BCUT2D eigenvalue weighted by Crippen LogP contribution is 2.26. The predicted molar refractivity (Wildman–Crippen MR) is 118 cm³/mol. The molecule has 1 aliphatic rings. The van der Waals surface area contributed by atoms with Crippen molar-refractivity contribution in [1.29, 1.82) is 0 Å². The van der Waals surface area contributed by atoms with Gasteiger partial charge in [0.05, 0.1) is 5.69 Å². The number of hydrogen-bond donors (Lipinski definition) is 2. The average Bonchev–Trinajstić information content (AvgIpc) is 3.37. The van der Waals surface area contributed by atoms with Gasteiger partial charge in [-0.05, 0) is 46.6 Å². The van der Waals surface area contributed by atoms with Crippen LogP contribution in [0.15, 0.2) is 15.6 Å². The first-order valence-electron chi connectivity index (χ1n) is 9.78. The molecule has 1 saturated carbocycles. The second kappa shape index (κ2) is 11.8. The number of guanidine groups is 1. The Morgan fingerprint density at radius 3 is 2.58 bits per heavy atom. The van der Waals surface area contributed by atoms with Crippen molar-refractivity contribution >= 4 is 29.9 Å². The van der Waals surface area contributed by atoms with Crippen molar-refractivity contribution in [1.82, 2.24) is 20.7 Å². The van der Waals surface area contributed by atoms with Gasteiger partial charge in [0.15, 0.2) is 11.7 Å². The minimum atomic E-state index is 0. The Kier molecular flexibility index (Phi) is 10.5. The predicted octanol–water partition coefficient (Wildman–Crippen LogP) is 3.73. The number of nitrogens with one attached hydrogen (secondary N) is 2. The number of aliphatic imine (C=N–C) groups is 1. The van der Waals surface area contributed by atoms with Crippen molar-refractivity contribution in [2.45, 2.75) is 77.9 Å². The average molecular weight is 477 g/mol. The van der Waals surface area contributed by atoms with E-state index in [0.717, 1.165) is 49.4 Å². The molecule has 0 aliphatic heterocycles. The van der Waals surface area contributed by atoms with E-state index >= 15 is 0 Å². The highest BCUT2D eigenvalue weighted by atomic mass is 127. The summed E-state index contributed by atoms with van der Waals surface area (Å²) in [6, 6.07) is 3.31. The van der Waals surface area contributed by atoms with Crippen LogP contribution in [-0.2, 0) is 6.54 Å². The summed E-state index contributed by atoms with van der Waals surface area (Å²) >= 11 is 0. The monoisotopic (exact) mass is 477 g/mol. The highest BCUT2D eigenvalue weighted by Gasteiger charge is 2.28. The van der Waals surface area contributed by atoms with Crippen LogP contribution in [0, 0.1) is 0 Å². The van der Waals surface area contributed by atoms with Gasteiger partial charge in [0, 0.05) is 37.2 Å². The molecular formula is C19H36IN5O. The third-order valence-electron chi connectivity index (χ3n) is 5.10. The van der Waals surface area contributed by atoms with Gasteiger partial charge in [-0.3, -0.25) is 4.90 Å². The van der Waals surface area contributed by atoms with Crippen LogP contribution >= 0.6 is 24.0 Å². The lowest BCUT2D eigenvalue weighted by Gasteiger charge is -2.25. The summed E-state index contributed by atoms with van der Waals surface area (Å²) < 4.78 is 5.46. The third kappa shape index (κ3) is 7.06. The molecule has 6 nitrogen and oxygen atoms in total. The minimum Gasteiger partial charge on any atom is -0.359 e. The van der Waals surface area contributed by atoms with Crippen molar-refractivity contribution in [2.24, 2.45) is 4.99 Å². The minimum absolute atomic E-state index is 0. The lowest BCUT2D eigenvalue weighted by molar-refractivity contribution is 0.247. The molecule has 1 atom stereocenters.